The summed E-state index contributed by atoms with van der Waals surface area (Å²) in [7, 11) is 0. The first kappa shape index (κ1) is 46.9. The molecule has 6 aromatic rings. The Morgan fingerprint density at radius 3 is 1.79 bits per heavy atom. The van der Waals surface area contributed by atoms with Gasteiger partial charge in [-0.05, 0) is 87.5 Å². The quantitative estimate of drug-likeness (QED) is 0.0591. The first-order valence-corrected chi connectivity index (χ1v) is 22.0. The molecule has 1 aliphatic rings. The SMILES string of the molecule is O=C1CCc2cc(ccc2OCc2ccccc2)-c2cc(c(OCc3ccccc3)c(NC(=O)OCc3ccccc3)c2CCCNC(=O)OCc2ccccc2)C[C@@H](C(=O)O)NC(=O)CN1. The molecule has 344 valence electrons. The molecule has 0 unspecified atom stereocenters. The second-order valence-electron chi connectivity index (χ2n) is 15.9. The Hall–Kier alpha value is -8.13. The van der Waals surface area contributed by atoms with Crippen LogP contribution in [0.4, 0.5) is 15.3 Å². The number of nitrogens with one attached hydrogen (secondary N) is 4. The number of aryl methyl sites for hydroxylation is 1. The zero-order valence-corrected chi connectivity index (χ0v) is 36.8. The maximum atomic E-state index is 14.0. The van der Waals surface area contributed by atoms with Gasteiger partial charge in [-0.2, -0.15) is 0 Å². The minimum Gasteiger partial charge on any atom is -0.489 e. The van der Waals surface area contributed by atoms with E-state index in [9.17, 15) is 29.1 Å². The minimum absolute atomic E-state index is 0.00272. The summed E-state index contributed by atoms with van der Waals surface area (Å²) in [4.78, 5) is 66.1. The Morgan fingerprint density at radius 1 is 0.627 bits per heavy atom. The lowest BCUT2D eigenvalue weighted by molar-refractivity contribution is -0.141. The third kappa shape index (κ3) is 13.9. The summed E-state index contributed by atoms with van der Waals surface area (Å²) in [6.45, 7) is 0.0772. The van der Waals surface area contributed by atoms with Gasteiger partial charge in [0.05, 0.1) is 12.2 Å². The summed E-state index contributed by atoms with van der Waals surface area (Å²) in [6.07, 6.45) is -0.837. The molecule has 0 fully saturated rings. The lowest BCUT2D eigenvalue weighted by Crippen LogP contribution is -2.46. The number of fused-ring (bicyclic) bond motifs is 5. The van der Waals surface area contributed by atoms with Crippen LogP contribution in [-0.4, -0.2) is 54.2 Å². The van der Waals surface area contributed by atoms with Crippen LogP contribution in [0.15, 0.2) is 146 Å². The molecule has 0 saturated carbocycles. The first-order valence-electron chi connectivity index (χ1n) is 22.0. The van der Waals surface area contributed by atoms with E-state index in [2.05, 4.69) is 21.3 Å². The summed E-state index contributed by atoms with van der Waals surface area (Å²) in [5.74, 6) is -1.74. The Labute approximate surface area is 388 Å². The number of benzene rings is 6. The van der Waals surface area contributed by atoms with Gasteiger partial charge in [-0.3, -0.25) is 14.9 Å². The largest absolute Gasteiger partial charge is 0.489 e. The second-order valence-corrected chi connectivity index (χ2v) is 15.9. The van der Waals surface area contributed by atoms with Gasteiger partial charge < -0.3 is 40.0 Å². The predicted octanol–water partition coefficient (Wildman–Crippen LogP) is 8.29. The molecule has 67 heavy (non-hydrogen) atoms. The topological polar surface area (TPSA) is 191 Å². The summed E-state index contributed by atoms with van der Waals surface area (Å²) < 4.78 is 24.2. The fourth-order valence-corrected chi connectivity index (χ4v) is 7.55. The highest BCUT2D eigenvalue weighted by atomic mass is 16.6. The van der Waals surface area contributed by atoms with E-state index in [-0.39, 0.29) is 70.1 Å². The monoisotopic (exact) mass is 904 g/mol. The third-order valence-corrected chi connectivity index (χ3v) is 10.9. The molecule has 1 heterocycles. The molecule has 6 aromatic carbocycles. The number of ether oxygens (including phenoxy) is 4. The first-order chi connectivity index (χ1) is 32.7. The summed E-state index contributed by atoms with van der Waals surface area (Å²) in [5, 5.41) is 21.5. The van der Waals surface area contributed by atoms with E-state index in [1.54, 1.807) is 0 Å². The number of hydrogen-bond acceptors (Lipinski definition) is 9. The van der Waals surface area contributed by atoms with Gasteiger partial charge >= 0.3 is 18.2 Å². The molecule has 1 aliphatic heterocycles. The van der Waals surface area contributed by atoms with Crippen molar-refractivity contribution in [2.45, 2.75) is 64.6 Å². The van der Waals surface area contributed by atoms with E-state index in [0.717, 1.165) is 22.3 Å². The van der Waals surface area contributed by atoms with Crippen LogP contribution in [0, 0.1) is 0 Å². The summed E-state index contributed by atoms with van der Waals surface area (Å²) in [6, 6.07) is 43.4. The molecule has 14 heteroatoms. The highest BCUT2D eigenvalue weighted by Crippen LogP contribution is 2.43. The van der Waals surface area contributed by atoms with Gasteiger partial charge in [0.15, 0.2) is 0 Å². The molecule has 5 N–H and O–H groups in total. The molecule has 0 saturated heterocycles. The average Bonchev–Trinajstić information content (AvgIpc) is 3.35. The highest BCUT2D eigenvalue weighted by molar-refractivity contribution is 5.93. The highest BCUT2D eigenvalue weighted by Gasteiger charge is 2.29. The van der Waals surface area contributed by atoms with Gasteiger partial charge in [-0.1, -0.05) is 127 Å². The number of carboxylic acids is 1. The molecule has 4 bridgehead atoms. The molecule has 14 nitrogen and oxygen atoms in total. The number of carbonyl (C=O) groups excluding carboxylic acids is 4. The molecule has 7 rings (SSSR count). The molecule has 1 atom stereocenters. The van der Waals surface area contributed by atoms with E-state index in [1.807, 2.05) is 146 Å². The van der Waals surface area contributed by atoms with Gasteiger partial charge in [0.25, 0.3) is 0 Å². The van der Waals surface area contributed by atoms with Crippen LogP contribution < -0.4 is 30.7 Å². The molecule has 0 spiro atoms. The van der Waals surface area contributed by atoms with Crippen LogP contribution >= 0.6 is 0 Å². The number of carboxylic acid groups (broad SMARTS) is 1. The van der Waals surface area contributed by atoms with Crippen molar-refractivity contribution in [3.63, 3.8) is 0 Å². The van der Waals surface area contributed by atoms with Crippen molar-refractivity contribution in [1.29, 1.82) is 0 Å². The normalized spacial score (nSPS) is 13.6. The van der Waals surface area contributed by atoms with E-state index < -0.39 is 42.6 Å². The number of aliphatic carboxylic acids is 1. The van der Waals surface area contributed by atoms with Crippen LogP contribution in [0.1, 0.15) is 51.8 Å². The van der Waals surface area contributed by atoms with Crippen LogP contribution in [0.5, 0.6) is 11.5 Å². The fraction of sp³-hybridized carbons (Fsp3) is 0.226. The zero-order valence-electron chi connectivity index (χ0n) is 36.8. The lowest BCUT2D eigenvalue weighted by Gasteiger charge is -2.25. The molecule has 4 amide bonds. The van der Waals surface area contributed by atoms with Crippen LogP contribution in [-0.2, 0) is 69.5 Å². The Bertz CT molecular complexity index is 2630. The maximum absolute atomic E-state index is 14.0. The smallest absolute Gasteiger partial charge is 0.412 e. The maximum Gasteiger partial charge on any atom is 0.412 e. The number of rotatable bonds is 16. The van der Waals surface area contributed by atoms with Crippen molar-refractivity contribution in [2.24, 2.45) is 0 Å². The predicted molar refractivity (Wildman–Crippen MR) is 251 cm³/mol. The number of hydrogen-bond donors (Lipinski definition) is 5. The van der Waals surface area contributed by atoms with Crippen molar-refractivity contribution >= 4 is 35.7 Å². The van der Waals surface area contributed by atoms with E-state index >= 15 is 0 Å². The summed E-state index contributed by atoms with van der Waals surface area (Å²) in [5.41, 5.74) is 6.44. The second kappa shape index (κ2) is 23.7. The minimum atomic E-state index is -1.47. The van der Waals surface area contributed by atoms with Crippen LogP contribution in [0.3, 0.4) is 0 Å². The fourth-order valence-electron chi connectivity index (χ4n) is 7.55. The molecular formula is C53H52N4O10. The molecule has 0 radical (unpaired) electrons. The van der Waals surface area contributed by atoms with Crippen molar-refractivity contribution in [1.82, 2.24) is 16.0 Å². The van der Waals surface area contributed by atoms with Gasteiger partial charge in [-0.25, -0.2) is 14.4 Å². The van der Waals surface area contributed by atoms with E-state index in [1.165, 1.54) is 0 Å². The van der Waals surface area contributed by atoms with Gasteiger partial charge in [0.1, 0.15) is 44.0 Å². The van der Waals surface area contributed by atoms with Crippen molar-refractivity contribution in [3.8, 4) is 22.6 Å². The Kier molecular flexibility index (Phi) is 16.6. The van der Waals surface area contributed by atoms with Gasteiger partial charge in [0.2, 0.25) is 11.8 Å². The van der Waals surface area contributed by atoms with E-state index in [4.69, 9.17) is 18.9 Å². The molecular weight excluding hydrogens is 853 g/mol. The van der Waals surface area contributed by atoms with Crippen molar-refractivity contribution < 1.29 is 48.0 Å². The van der Waals surface area contributed by atoms with Crippen LogP contribution in [0.25, 0.3) is 11.1 Å². The number of anilines is 1. The lowest BCUT2D eigenvalue weighted by atomic mass is 9.89. The Morgan fingerprint density at radius 2 is 1.19 bits per heavy atom. The summed E-state index contributed by atoms with van der Waals surface area (Å²) >= 11 is 0. The molecule has 0 aromatic heterocycles. The standard InChI is InChI=1S/C53H52N4O10/c58-47-26-24-41-28-40(23-25-46(41)64-32-36-14-5-1-6-15-36)44-29-42(30-45(51(60)61)56-48(59)31-55-47)50(65-33-37-16-7-2-8-17-37)49(57-53(63)67-35-39-20-11-4-12-21-39)43(44)22-13-27-54-52(62)66-34-38-18-9-3-10-19-38/h1-12,14-21,23,25,28-29,45H,13,22,24,26-27,30-35H2,(H,54,62)(H,55,58)(H,56,59)(H,57,63)(H,60,61)/t45-/m0/s1. The van der Waals surface area contributed by atoms with Crippen molar-refractivity contribution in [2.75, 3.05) is 18.4 Å². The average molecular weight is 905 g/mol. The van der Waals surface area contributed by atoms with Crippen molar-refractivity contribution in [3.05, 3.63) is 185 Å². The molecule has 0 aliphatic carbocycles. The van der Waals surface area contributed by atoms with E-state index in [0.29, 0.717) is 40.0 Å². The van der Waals surface area contributed by atoms with Gasteiger partial charge in [0, 0.05) is 19.4 Å². The third-order valence-electron chi connectivity index (χ3n) is 10.9. The number of alkyl carbamates (subject to hydrolysis) is 1. The number of amides is 4. The van der Waals surface area contributed by atoms with Crippen LogP contribution in [0.2, 0.25) is 0 Å². The number of carbonyl (C=O) groups is 5. The zero-order chi connectivity index (χ0) is 46.8. The Balaban J connectivity index is 1.34. The van der Waals surface area contributed by atoms with Gasteiger partial charge in [-0.15, -0.1) is 0 Å².